The monoisotopic (exact) mass is 417 g/mol. The van der Waals surface area contributed by atoms with E-state index < -0.39 is 10.0 Å². The largest absolute Gasteiger partial charge is 0.496 e. The van der Waals surface area contributed by atoms with Crippen molar-refractivity contribution in [3.63, 3.8) is 0 Å². The lowest BCUT2D eigenvalue weighted by Gasteiger charge is -2.23. The molecule has 1 aliphatic rings. The van der Waals surface area contributed by atoms with Crippen molar-refractivity contribution in [2.75, 3.05) is 18.4 Å². The van der Waals surface area contributed by atoms with Crippen molar-refractivity contribution < 1.29 is 17.9 Å². The highest BCUT2D eigenvalue weighted by Gasteiger charge is 2.29. The molecule has 0 saturated carbocycles. The van der Waals surface area contributed by atoms with Gasteiger partial charge in [-0.15, -0.1) is 0 Å². The third-order valence-electron chi connectivity index (χ3n) is 5.31. The molecular weight excluding hydrogens is 390 g/mol. The summed E-state index contributed by atoms with van der Waals surface area (Å²) < 4.78 is 34.2. The van der Waals surface area contributed by atoms with E-state index in [1.807, 2.05) is 24.0 Å². The molecule has 1 amide bonds. The number of amides is 1. The van der Waals surface area contributed by atoms with Gasteiger partial charge in [-0.25, -0.2) is 8.42 Å². The molecule has 0 aromatic heterocycles. The Bertz CT molecular complexity index is 1020. The summed E-state index contributed by atoms with van der Waals surface area (Å²) in [5.41, 5.74) is 8.15. The van der Waals surface area contributed by atoms with E-state index in [0.29, 0.717) is 23.5 Å². The average molecular weight is 418 g/mol. The van der Waals surface area contributed by atoms with Crippen LogP contribution in [-0.4, -0.2) is 38.9 Å². The molecule has 0 spiro atoms. The van der Waals surface area contributed by atoms with Crippen molar-refractivity contribution >= 4 is 21.6 Å². The van der Waals surface area contributed by atoms with Crippen LogP contribution in [0.15, 0.2) is 41.3 Å². The van der Waals surface area contributed by atoms with E-state index in [2.05, 4.69) is 4.72 Å². The second-order valence-corrected chi connectivity index (χ2v) is 9.03. The summed E-state index contributed by atoms with van der Waals surface area (Å²) in [6, 6.07) is 10.2. The zero-order valence-corrected chi connectivity index (χ0v) is 17.8. The number of benzene rings is 2. The summed E-state index contributed by atoms with van der Waals surface area (Å²) in [5, 5.41) is 0. The molecule has 29 heavy (non-hydrogen) atoms. The van der Waals surface area contributed by atoms with Gasteiger partial charge in [0.15, 0.2) is 0 Å². The Morgan fingerprint density at radius 1 is 1.24 bits per heavy atom. The number of sulfonamides is 1. The fraction of sp³-hybridized carbons (Fsp3) is 0.381. The van der Waals surface area contributed by atoms with E-state index in [0.717, 1.165) is 30.5 Å². The van der Waals surface area contributed by atoms with Gasteiger partial charge in [-0.05, 0) is 68.1 Å². The van der Waals surface area contributed by atoms with Crippen molar-refractivity contribution in [1.29, 1.82) is 0 Å². The zero-order chi connectivity index (χ0) is 21.2. The van der Waals surface area contributed by atoms with Crippen molar-refractivity contribution in [3.05, 3.63) is 53.1 Å². The van der Waals surface area contributed by atoms with Gasteiger partial charge in [0, 0.05) is 6.54 Å². The van der Waals surface area contributed by atoms with E-state index in [4.69, 9.17) is 10.5 Å². The third kappa shape index (κ3) is 4.54. The predicted octanol–water partition coefficient (Wildman–Crippen LogP) is 2.56. The minimum absolute atomic E-state index is 0.210. The fourth-order valence-corrected chi connectivity index (χ4v) is 5.20. The minimum atomic E-state index is -3.79. The lowest BCUT2D eigenvalue weighted by atomic mass is 10.1. The lowest BCUT2D eigenvalue weighted by molar-refractivity contribution is -0.122. The van der Waals surface area contributed by atoms with Gasteiger partial charge in [0.25, 0.3) is 10.0 Å². The second-order valence-electron chi connectivity index (χ2n) is 7.38. The molecule has 156 valence electrons. The van der Waals surface area contributed by atoms with Crippen LogP contribution in [0.1, 0.15) is 29.5 Å². The summed E-state index contributed by atoms with van der Waals surface area (Å²) in [6.07, 6.45) is 1.62. The Labute approximate surface area is 171 Å². The Morgan fingerprint density at radius 2 is 1.97 bits per heavy atom. The molecule has 0 bridgehead atoms. The number of nitrogens with two attached hydrogens (primary N) is 1. The number of nitrogens with one attached hydrogen (secondary N) is 1. The molecule has 0 radical (unpaired) electrons. The van der Waals surface area contributed by atoms with Crippen LogP contribution in [0.3, 0.4) is 0 Å². The van der Waals surface area contributed by atoms with Gasteiger partial charge in [0.2, 0.25) is 5.91 Å². The van der Waals surface area contributed by atoms with Crippen molar-refractivity contribution in [3.8, 4) is 5.75 Å². The Morgan fingerprint density at radius 3 is 2.66 bits per heavy atom. The van der Waals surface area contributed by atoms with Crippen molar-refractivity contribution in [2.45, 2.75) is 44.2 Å². The second kappa shape index (κ2) is 8.42. The topological polar surface area (TPSA) is 102 Å². The number of likely N-dealkylation sites (tertiary alicyclic amines) is 1. The van der Waals surface area contributed by atoms with Gasteiger partial charge in [0.1, 0.15) is 5.75 Å². The molecule has 1 atom stereocenters. The maximum absolute atomic E-state index is 13.1. The van der Waals surface area contributed by atoms with E-state index in [9.17, 15) is 13.2 Å². The van der Waals surface area contributed by atoms with Crippen LogP contribution in [0.5, 0.6) is 5.75 Å². The highest BCUT2D eigenvalue weighted by Crippen LogP contribution is 2.29. The number of aryl methyl sites for hydroxylation is 2. The van der Waals surface area contributed by atoms with Gasteiger partial charge in [-0.3, -0.25) is 14.4 Å². The standard InChI is InChI=1S/C21H27N3O4S/c1-14-12-20(15(2)11-19(14)28-3)29(26,27)23-17-8-5-4-7-16(17)13-24-10-6-9-18(24)21(22)25/h4-5,7-8,11-12,18,23H,6,9-10,13H2,1-3H3,(H2,22,25)/t18-/m0/s1. The number of hydrogen-bond acceptors (Lipinski definition) is 5. The highest BCUT2D eigenvalue weighted by molar-refractivity contribution is 7.92. The smallest absolute Gasteiger partial charge is 0.262 e. The SMILES string of the molecule is COc1cc(C)c(S(=O)(=O)Nc2ccccc2CN2CCC[C@H]2C(N)=O)cc1C. The number of carbonyl (C=O) groups is 1. The number of hydrogen-bond donors (Lipinski definition) is 2. The van der Waals surface area contributed by atoms with Crippen LogP contribution in [0.2, 0.25) is 0 Å². The molecule has 7 nitrogen and oxygen atoms in total. The fourth-order valence-electron chi connectivity index (χ4n) is 3.79. The predicted molar refractivity (Wildman–Crippen MR) is 112 cm³/mol. The molecule has 1 saturated heterocycles. The Balaban J connectivity index is 1.89. The Hall–Kier alpha value is -2.58. The maximum atomic E-state index is 13.1. The Kier molecular flexibility index (Phi) is 6.14. The molecule has 2 aromatic carbocycles. The number of ether oxygens (including phenoxy) is 1. The molecule has 2 aromatic rings. The van der Waals surface area contributed by atoms with E-state index >= 15 is 0 Å². The van der Waals surface area contributed by atoms with Crippen LogP contribution >= 0.6 is 0 Å². The zero-order valence-electron chi connectivity index (χ0n) is 16.9. The van der Waals surface area contributed by atoms with Crippen molar-refractivity contribution in [2.24, 2.45) is 5.73 Å². The molecule has 0 aliphatic carbocycles. The quantitative estimate of drug-likeness (QED) is 0.721. The molecule has 3 N–H and O–H groups in total. The first-order valence-electron chi connectivity index (χ1n) is 9.52. The van der Waals surface area contributed by atoms with Gasteiger partial charge in [0.05, 0.1) is 23.7 Å². The van der Waals surface area contributed by atoms with Crippen LogP contribution < -0.4 is 15.2 Å². The van der Waals surface area contributed by atoms with E-state index in [1.54, 1.807) is 38.3 Å². The first-order chi connectivity index (χ1) is 13.7. The summed E-state index contributed by atoms with van der Waals surface area (Å²) in [6.45, 7) is 4.76. The minimum Gasteiger partial charge on any atom is -0.496 e. The summed E-state index contributed by atoms with van der Waals surface area (Å²) in [4.78, 5) is 13.9. The summed E-state index contributed by atoms with van der Waals surface area (Å²) in [5.74, 6) is 0.304. The average Bonchev–Trinajstić information content (AvgIpc) is 3.13. The molecule has 3 rings (SSSR count). The van der Waals surface area contributed by atoms with Crippen molar-refractivity contribution in [1.82, 2.24) is 4.90 Å². The normalized spacial score (nSPS) is 17.3. The molecular formula is C21H27N3O4S. The first kappa shape index (κ1) is 21.1. The summed E-state index contributed by atoms with van der Waals surface area (Å²) >= 11 is 0. The van der Waals surface area contributed by atoms with Crippen LogP contribution in [0.25, 0.3) is 0 Å². The van der Waals surface area contributed by atoms with Gasteiger partial charge >= 0.3 is 0 Å². The number of carbonyl (C=O) groups excluding carboxylic acids is 1. The van der Waals surface area contributed by atoms with Crippen LogP contribution in [0.4, 0.5) is 5.69 Å². The maximum Gasteiger partial charge on any atom is 0.262 e. The number of para-hydroxylation sites is 1. The molecule has 1 heterocycles. The lowest BCUT2D eigenvalue weighted by Crippen LogP contribution is -2.39. The molecule has 1 fully saturated rings. The molecule has 1 aliphatic heterocycles. The van der Waals surface area contributed by atoms with Gasteiger partial charge in [-0.1, -0.05) is 18.2 Å². The van der Waals surface area contributed by atoms with Gasteiger partial charge < -0.3 is 10.5 Å². The number of nitrogens with zero attached hydrogens (tertiary/aromatic N) is 1. The van der Waals surface area contributed by atoms with Crippen LogP contribution in [-0.2, 0) is 21.4 Å². The van der Waals surface area contributed by atoms with E-state index in [-0.39, 0.29) is 16.8 Å². The highest BCUT2D eigenvalue weighted by atomic mass is 32.2. The number of anilines is 1. The third-order valence-corrected chi connectivity index (χ3v) is 6.82. The molecule has 0 unspecified atom stereocenters. The number of primary amides is 1. The first-order valence-corrected chi connectivity index (χ1v) is 11.0. The summed E-state index contributed by atoms with van der Waals surface area (Å²) in [7, 11) is -2.24. The molecule has 8 heteroatoms. The van der Waals surface area contributed by atoms with Crippen LogP contribution in [0, 0.1) is 13.8 Å². The number of methoxy groups -OCH3 is 1. The van der Waals surface area contributed by atoms with E-state index in [1.165, 1.54) is 0 Å². The van der Waals surface area contributed by atoms with Gasteiger partial charge in [-0.2, -0.15) is 0 Å². The number of rotatable bonds is 7.